The van der Waals surface area contributed by atoms with E-state index in [1.54, 1.807) is 11.8 Å². The van der Waals surface area contributed by atoms with Crippen LogP contribution in [0.1, 0.15) is 18.5 Å². The largest absolute Gasteiger partial charge is 0.309 e. The molecule has 0 aliphatic carbocycles. The molecule has 1 unspecified atom stereocenters. The van der Waals surface area contributed by atoms with E-state index >= 15 is 0 Å². The fraction of sp³-hybridized carbons (Fsp3) is 0.300. The summed E-state index contributed by atoms with van der Waals surface area (Å²) < 4.78 is 0. The van der Waals surface area contributed by atoms with Gasteiger partial charge in [0.2, 0.25) is 6.04 Å². The minimum absolute atomic E-state index is 0.110. The summed E-state index contributed by atoms with van der Waals surface area (Å²) in [6.45, 7) is 8.85. The summed E-state index contributed by atoms with van der Waals surface area (Å²) in [5, 5.41) is 0.698. The van der Waals surface area contributed by atoms with E-state index in [9.17, 15) is 0 Å². The topological polar surface area (TPSA) is 4.36 Å². The number of hydrogen-bond acceptors (Lipinski definition) is 1. The molecule has 3 heteroatoms. The van der Waals surface area contributed by atoms with Gasteiger partial charge >= 0.3 is 0 Å². The molecule has 0 saturated heterocycles. The van der Waals surface area contributed by atoms with Crippen LogP contribution in [-0.2, 0) is 0 Å². The Morgan fingerprint density at radius 2 is 2.23 bits per heavy atom. The van der Waals surface area contributed by atoms with Crippen LogP contribution in [-0.4, -0.2) is 6.26 Å². The van der Waals surface area contributed by atoms with Crippen LogP contribution in [0.4, 0.5) is 0 Å². The van der Waals surface area contributed by atoms with Crippen molar-refractivity contribution in [2.75, 3.05) is 6.26 Å². The molecule has 0 aliphatic rings. The van der Waals surface area contributed by atoms with Crippen molar-refractivity contribution in [2.45, 2.75) is 17.9 Å². The average molecular weight is 212 g/mol. The van der Waals surface area contributed by atoms with Crippen molar-refractivity contribution in [3.8, 4) is 0 Å². The Morgan fingerprint density at radius 3 is 2.77 bits per heavy atom. The zero-order valence-corrected chi connectivity index (χ0v) is 9.12. The van der Waals surface area contributed by atoms with E-state index in [0.717, 1.165) is 10.5 Å². The Bertz CT molecular complexity index is 343. The molecule has 0 fully saturated rings. The van der Waals surface area contributed by atoms with Crippen molar-refractivity contribution in [1.82, 2.24) is 0 Å². The van der Waals surface area contributed by atoms with E-state index in [-0.39, 0.29) is 6.04 Å². The van der Waals surface area contributed by atoms with Crippen molar-refractivity contribution in [3.63, 3.8) is 0 Å². The second-order valence-electron chi connectivity index (χ2n) is 2.69. The molecule has 0 amide bonds. The minimum Gasteiger partial charge on any atom is -0.309 e. The van der Waals surface area contributed by atoms with Crippen LogP contribution in [0.15, 0.2) is 23.1 Å². The van der Waals surface area contributed by atoms with E-state index in [1.807, 2.05) is 31.4 Å². The second kappa shape index (κ2) is 4.55. The fourth-order valence-corrected chi connectivity index (χ4v) is 1.95. The van der Waals surface area contributed by atoms with Gasteiger partial charge in [-0.05, 0) is 24.5 Å². The maximum Gasteiger partial charge on any atom is 0.247 e. The third-order valence-electron chi connectivity index (χ3n) is 1.84. The summed E-state index contributed by atoms with van der Waals surface area (Å²) in [5.74, 6) is 0. The van der Waals surface area contributed by atoms with Crippen LogP contribution in [0.5, 0.6) is 0 Å². The van der Waals surface area contributed by atoms with Crippen molar-refractivity contribution in [1.29, 1.82) is 0 Å². The van der Waals surface area contributed by atoms with Crippen LogP contribution < -0.4 is 0 Å². The molecular formula is C10H10ClNS. The molecule has 0 N–H and O–H groups in total. The molecule has 13 heavy (non-hydrogen) atoms. The summed E-state index contributed by atoms with van der Waals surface area (Å²) in [6, 6.07) is 5.58. The molecule has 68 valence electrons. The van der Waals surface area contributed by atoms with Gasteiger partial charge in [0.25, 0.3) is 0 Å². The fourth-order valence-electron chi connectivity index (χ4n) is 1.10. The lowest BCUT2D eigenvalue weighted by Crippen LogP contribution is -1.90. The predicted octanol–water partition coefficient (Wildman–Crippen LogP) is 4.04. The quantitative estimate of drug-likeness (QED) is 0.528. The van der Waals surface area contributed by atoms with Crippen LogP contribution >= 0.6 is 23.4 Å². The molecule has 1 rings (SSSR count). The van der Waals surface area contributed by atoms with Gasteiger partial charge in [-0.1, -0.05) is 11.6 Å². The molecule has 0 spiro atoms. The monoisotopic (exact) mass is 211 g/mol. The first kappa shape index (κ1) is 10.4. The molecular weight excluding hydrogens is 202 g/mol. The molecule has 0 saturated carbocycles. The summed E-state index contributed by atoms with van der Waals surface area (Å²) in [5.41, 5.74) is 1.02. The highest BCUT2D eigenvalue weighted by Crippen LogP contribution is 2.30. The van der Waals surface area contributed by atoms with Gasteiger partial charge in [0.1, 0.15) is 0 Å². The van der Waals surface area contributed by atoms with Gasteiger partial charge in [-0.25, -0.2) is 6.57 Å². The second-order valence-corrected chi connectivity index (χ2v) is 3.98. The SMILES string of the molecule is [C-]#[N+]C(C)c1cc(Cl)ccc1SC. The van der Waals surface area contributed by atoms with Crippen molar-refractivity contribution >= 4 is 23.4 Å². The van der Waals surface area contributed by atoms with E-state index in [2.05, 4.69) is 4.85 Å². The van der Waals surface area contributed by atoms with E-state index in [0.29, 0.717) is 5.02 Å². The lowest BCUT2D eigenvalue weighted by molar-refractivity contribution is 0.929. The number of nitrogens with zero attached hydrogens (tertiary/aromatic N) is 1. The number of hydrogen-bond donors (Lipinski definition) is 0. The first-order chi connectivity index (χ1) is 6.19. The Hall–Kier alpha value is -0.650. The van der Waals surface area contributed by atoms with Gasteiger partial charge in [-0.15, -0.1) is 11.8 Å². The first-order valence-corrected chi connectivity index (χ1v) is 5.49. The zero-order valence-electron chi connectivity index (χ0n) is 7.54. The number of thioether (sulfide) groups is 1. The Morgan fingerprint density at radius 1 is 1.54 bits per heavy atom. The van der Waals surface area contributed by atoms with Crippen molar-refractivity contribution < 1.29 is 0 Å². The van der Waals surface area contributed by atoms with Gasteiger partial charge in [-0.3, -0.25) is 0 Å². The van der Waals surface area contributed by atoms with Gasteiger partial charge in [0, 0.05) is 22.4 Å². The highest BCUT2D eigenvalue weighted by molar-refractivity contribution is 7.98. The lowest BCUT2D eigenvalue weighted by Gasteiger charge is -2.06. The van der Waals surface area contributed by atoms with Gasteiger partial charge in [0.15, 0.2) is 0 Å². The smallest absolute Gasteiger partial charge is 0.247 e. The standard InChI is InChI=1S/C10H10ClNS/c1-7(12-2)9-6-8(11)4-5-10(9)13-3/h4-7H,1,3H3. The van der Waals surface area contributed by atoms with Crippen LogP contribution in [0.3, 0.4) is 0 Å². The maximum atomic E-state index is 6.96. The molecule has 0 bridgehead atoms. The molecule has 0 aliphatic heterocycles. The van der Waals surface area contributed by atoms with Crippen LogP contribution in [0, 0.1) is 6.57 Å². The molecule has 1 aromatic carbocycles. The normalized spacial score (nSPS) is 12.2. The molecule has 1 nitrogen and oxygen atoms in total. The molecule has 0 aromatic heterocycles. The van der Waals surface area contributed by atoms with Gasteiger partial charge in [-0.2, -0.15) is 0 Å². The summed E-state index contributed by atoms with van der Waals surface area (Å²) >= 11 is 7.51. The molecule has 1 aromatic rings. The van der Waals surface area contributed by atoms with E-state index in [4.69, 9.17) is 18.2 Å². The lowest BCUT2D eigenvalue weighted by atomic mass is 10.1. The number of halogens is 1. The van der Waals surface area contributed by atoms with Crippen molar-refractivity contribution in [2.24, 2.45) is 0 Å². The Balaban J connectivity index is 3.17. The zero-order chi connectivity index (χ0) is 9.84. The average Bonchev–Trinajstić information content (AvgIpc) is 2.16. The highest BCUT2D eigenvalue weighted by atomic mass is 35.5. The third kappa shape index (κ3) is 2.40. The Labute approximate surface area is 87.9 Å². The number of benzene rings is 1. The minimum atomic E-state index is -0.110. The summed E-state index contributed by atoms with van der Waals surface area (Å²) in [7, 11) is 0. The van der Waals surface area contributed by atoms with E-state index < -0.39 is 0 Å². The summed E-state index contributed by atoms with van der Waals surface area (Å²) in [4.78, 5) is 4.62. The highest BCUT2D eigenvalue weighted by Gasteiger charge is 2.13. The number of rotatable bonds is 2. The molecule has 0 radical (unpaired) electrons. The van der Waals surface area contributed by atoms with E-state index in [1.165, 1.54) is 0 Å². The summed E-state index contributed by atoms with van der Waals surface area (Å²) in [6.07, 6.45) is 2.00. The molecule has 1 atom stereocenters. The predicted molar refractivity (Wildman–Crippen MR) is 58.3 cm³/mol. The van der Waals surface area contributed by atoms with Crippen LogP contribution in [0.25, 0.3) is 4.85 Å². The first-order valence-electron chi connectivity index (χ1n) is 3.89. The van der Waals surface area contributed by atoms with Gasteiger partial charge in [0.05, 0.1) is 0 Å². The molecule has 0 heterocycles. The van der Waals surface area contributed by atoms with Gasteiger partial charge < -0.3 is 4.85 Å². The van der Waals surface area contributed by atoms with Crippen molar-refractivity contribution in [3.05, 3.63) is 40.2 Å². The Kier molecular flexibility index (Phi) is 3.65. The van der Waals surface area contributed by atoms with Crippen LogP contribution in [0.2, 0.25) is 5.02 Å². The third-order valence-corrected chi connectivity index (χ3v) is 2.88. The maximum absolute atomic E-state index is 6.96.